The molecular formula is C32H38N2O2. The van der Waals surface area contributed by atoms with E-state index in [2.05, 4.69) is 67.0 Å². The number of hydrogen-bond donors (Lipinski definition) is 1. The summed E-state index contributed by atoms with van der Waals surface area (Å²) in [5, 5.41) is 2.26. The maximum atomic E-state index is 10.6. The van der Waals surface area contributed by atoms with Crippen molar-refractivity contribution in [1.82, 2.24) is 4.98 Å². The number of rotatable bonds is 5. The largest absolute Gasteiger partial charge is 0.438 e. The predicted molar refractivity (Wildman–Crippen MR) is 150 cm³/mol. The third kappa shape index (κ3) is 7.25. The summed E-state index contributed by atoms with van der Waals surface area (Å²) in [4.78, 5) is 14.8. The summed E-state index contributed by atoms with van der Waals surface area (Å²) in [7, 11) is 1.50. The maximum Gasteiger partial charge on any atom is 0.219 e. The van der Waals surface area contributed by atoms with Crippen molar-refractivity contribution in [3.8, 4) is 11.6 Å². The molecule has 4 aromatic rings. The summed E-state index contributed by atoms with van der Waals surface area (Å²) in [6.45, 7) is 4.52. The summed E-state index contributed by atoms with van der Waals surface area (Å²) in [5.74, 6) is 3.06. The van der Waals surface area contributed by atoms with Gasteiger partial charge in [0.15, 0.2) is 6.29 Å². The molecular weight excluding hydrogens is 444 g/mol. The van der Waals surface area contributed by atoms with E-state index >= 15 is 0 Å². The highest BCUT2D eigenvalue weighted by Crippen LogP contribution is 2.35. The summed E-state index contributed by atoms with van der Waals surface area (Å²) >= 11 is 0. The Kier molecular flexibility index (Phi) is 10.7. The van der Waals surface area contributed by atoms with E-state index in [1.54, 1.807) is 17.7 Å². The van der Waals surface area contributed by atoms with E-state index in [-0.39, 0.29) is 0 Å². The predicted octanol–water partition coefficient (Wildman–Crippen LogP) is 7.96. The first-order valence-corrected chi connectivity index (χ1v) is 12.9. The molecule has 0 atom stereocenters. The Bertz CT molecular complexity index is 1200. The van der Waals surface area contributed by atoms with Gasteiger partial charge in [0.2, 0.25) is 5.88 Å². The normalized spacial score (nSPS) is 16.7. The molecule has 1 aromatic heterocycles. The van der Waals surface area contributed by atoms with E-state index in [4.69, 9.17) is 4.74 Å². The van der Waals surface area contributed by atoms with Crippen molar-refractivity contribution < 1.29 is 9.53 Å². The topological polar surface area (TPSA) is 65.2 Å². The van der Waals surface area contributed by atoms with Crippen LogP contribution >= 0.6 is 0 Å². The van der Waals surface area contributed by atoms with Crippen LogP contribution in [-0.2, 0) is 6.42 Å². The minimum Gasteiger partial charge on any atom is -0.438 e. The molecule has 0 aliphatic heterocycles. The third-order valence-electron chi connectivity index (χ3n) is 6.75. The number of ether oxygens (including phenoxy) is 1. The molecule has 188 valence electrons. The van der Waals surface area contributed by atoms with Gasteiger partial charge in [-0.25, -0.2) is 4.98 Å². The van der Waals surface area contributed by atoms with Gasteiger partial charge in [-0.1, -0.05) is 87.4 Å². The van der Waals surface area contributed by atoms with E-state index in [0.717, 1.165) is 35.7 Å². The van der Waals surface area contributed by atoms with Crippen molar-refractivity contribution >= 4 is 17.1 Å². The van der Waals surface area contributed by atoms with Crippen molar-refractivity contribution in [1.29, 1.82) is 0 Å². The number of pyridine rings is 1. The average Bonchev–Trinajstić information content (AvgIpc) is 2.95. The first kappa shape index (κ1) is 27.1. The molecule has 1 heterocycles. The second kappa shape index (κ2) is 14.2. The van der Waals surface area contributed by atoms with Crippen LogP contribution < -0.4 is 10.5 Å². The van der Waals surface area contributed by atoms with Crippen LogP contribution in [-0.4, -0.2) is 18.3 Å². The van der Waals surface area contributed by atoms with E-state index in [9.17, 15) is 4.79 Å². The van der Waals surface area contributed by atoms with Crippen molar-refractivity contribution in [3.63, 3.8) is 0 Å². The quantitative estimate of drug-likeness (QED) is 0.293. The first-order chi connectivity index (χ1) is 17.7. The highest BCUT2D eigenvalue weighted by atomic mass is 16.5. The van der Waals surface area contributed by atoms with Crippen LogP contribution in [0.5, 0.6) is 11.6 Å². The number of aldehydes is 1. The average molecular weight is 483 g/mol. The van der Waals surface area contributed by atoms with Crippen LogP contribution in [0.1, 0.15) is 66.9 Å². The molecule has 1 saturated carbocycles. The molecule has 4 heteroatoms. The van der Waals surface area contributed by atoms with Crippen molar-refractivity contribution in [2.45, 2.75) is 51.9 Å². The van der Waals surface area contributed by atoms with Crippen LogP contribution in [0.25, 0.3) is 10.8 Å². The fraction of sp³-hybridized carbons (Fsp3) is 0.312. The summed E-state index contributed by atoms with van der Waals surface area (Å²) in [5.41, 5.74) is 7.88. The number of carbonyl (C=O) groups is 1. The highest BCUT2D eigenvalue weighted by Gasteiger charge is 2.18. The maximum absolute atomic E-state index is 10.6. The molecule has 0 saturated heterocycles. The second-order valence-electron chi connectivity index (χ2n) is 9.14. The van der Waals surface area contributed by atoms with Gasteiger partial charge in [-0.15, -0.1) is 0 Å². The van der Waals surface area contributed by atoms with Gasteiger partial charge < -0.3 is 10.5 Å². The van der Waals surface area contributed by atoms with Gasteiger partial charge in [0.05, 0.1) is 0 Å². The Morgan fingerprint density at radius 1 is 0.861 bits per heavy atom. The van der Waals surface area contributed by atoms with E-state index in [1.807, 2.05) is 24.3 Å². The van der Waals surface area contributed by atoms with Gasteiger partial charge in [-0.05, 0) is 66.8 Å². The molecule has 5 rings (SSSR count). The lowest BCUT2D eigenvalue weighted by molar-refractivity contribution is 0.112. The Morgan fingerprint density at radius 3 is 2.19 bits per heavy atom. The lowest BCUT2D eigenvalue weighted by atomic mass is 9.79. The van der Waals surface area contributed by atoms with E-state index < -0.39 is 0 Å². The van der Waals surface area contributed by atoms with E-state index in [0.29, 0.717) is 11.4 Å². The zero-order valence-electron chi connectivity index (χ0n) is 21.7. The van der Waals surface area contributed by atoms with Crippen LogP contribution in [0, 0.1) is 5.92 Å². The number of aromatic nitrogens is 1. The molecule has 0 spiro atoms. The monoisotopic (exact) mass is 482 g/mol. The smallest absolute Gasteiger partial charge is 0.219 e. The van der Waals surface area contributed by atoms with E-state index in [1.165, 1.54) is 49.9 Å². The van der Waals surface area contributed by atoms with Crippen LogP contribution in [0.3, 0.4) is 0 Å². The molecule has 1 fully saturated rings. The first-order valence-electron chi connectivity index (χ1n) is 12.9. The molecule has 0 bridgehead atoms. The summed E-state index contributed by atoms with van der Waals surface area (Å²) in [6.07, 6.45) is 8.87. The van der Waals surface area contributed by atoms with Crippen molar-refractivity contribution in [2.75, 3.05) is 7.05 Å². The van der Waals surface area contributed by atoms with Crippen molar-refractivity contribution in [3.05, 3.63) is 102 Å². The fourth-order valence-corrected chi connectivity index (χ4v) is 4.70. The van der Waals surface area contributed by atoms with Gasteiger partial charge in [-0.2, -0.15) is 0 Å². The number of aryl methyl sites for hydroxylation is 1. The molecule has 36 heavy (non-hydrogen) atoms. The Labute approximate surface area is 215 Å². The number of benzene rings is 3. The number of hydrogen-bond acceptors (Lipinski definition) is 4. The number of nitrogens with zero attached hydrogens (tertiary/aromatic N) is 1. The van der Waals surface area contributed by atoms with Gasteiger partial charge >= 0.3 is 0 Å². The fourth-order valence-electron chi connectivity index (χ4n) is 4.70. The zero-order valence-corrected chi connectivity index (χ0v) is 21.7. The molecule has 1 aliphatic rings. The highest BCUT2D eigenvalue weighted by molar-refractivity contribution is 5.91. The zero-order chi connectivity index (χ0) is 25.8. The lowest BCUT2D eigenvalue weighted by Crippen LogP contribution is -2.10. The molecule has 1 aliphatic carbocycles. The Balaban J connectivity index is 0.000000206. The minimum absolute atomic E-state index is 0.481. The number of nitrogens with two attached hydrogens (primary N) is 1. The Morgan fingerprint density at radius 2 is 1.56 bits per heavy atom. The van der Waals surface area contributed by atoms with Crippen LogP contribution in [0.15, 0.2) is 85.1 Å². The molecule has 4 nitrogen and oxygen atoms in total. The Hall–Kier alpha value is -3.50. The van der Waals surface area contributed by atoms with Gasteiger partial charge in [0.1, 0.15) is 5.75 Å². The van der Waals surface area contributed by atoms with Crippen LogP contribution in [0.2, 0.25) is 0 Å². The minimum atomic E-state index is 0.481. The number of fused-ring (bicyclic) bond motifs is 1. The standard InChI is InChI=1S/C18H15NO2.C13H18.CH5N/c1-2-14-5-3-7-16-15(14)6-4-8-17(16)21-18-10-9-13(12-20)11-19-18;1-11-7-9-13(10-8-11)12-5-3-2-4-6-12;1-2/h3-12H,2H2,1H3;2-6,11,13H,7-10H2,1H3;2H2,1H3. The molecule has 0 radical (unpaired) electrons. The molecule has 3 aromatic carbocycles. The van der Waals surface area contributed by atoms with Gasteiger partial charge in [0, 0.05) is 23.2 Å². The molecule has 0 amide bonds. The third-order valence-corrected chi connectivity index (χ3v) is 6.75. The van der Waals surface area contributed by atoms with Gasteiger partial charge in [-0.3, -0.25) is 4.79 Å². The molecule has 0 unspecified atom stereocenters. The number of carbonyl (C=O) groups excluding carboxylic acids is 1. The summed E-state index contributed by atoms with van der Waals surface area (Å²) < 4.78 is 5.86. The molecule has 2 N–H and O–H groups in total. The van der Waals surface area contributed by atoms with Crippen LogP contribution in [0.4, 0.5) is 0 Å². The lowest BCUT2D eigenvalue weighted by Gasteiger charge is -2.26. The van der Waals surface area contributed by atoms with Crippen molar-refractivity contribution in [2.24, 2.45) is 11.7 Å². The van der Waals surface area contributed by atoms with Gasteiger partial charge in [0.25, 0.3) is 0 Å². The summed E-state index contributed by atoms with van der Waals surface area (Å²) in [6, 6.07) is 26.6. The SMILES string of the molecule is CC1CCC(c2ccccc2)CC1.CCc1cccc2c(Oc3ccc(C=O)cn3)cccc12.CN. The second-order valence-corrected chi connectivity index (χ2v) is 9.14.